The minimum Gasteiger partial charge on any atom is -0.494 e. The number of amides is 2. The van der Waals surface area contributed by atoms with Crippen LogP contribution in [0.3, 0.4) is 0 Å². The van der Waals surface area contributed by atoms with E-state index in [1.165, 1.54) is 23.0 Å². The number of ketones is 1. The van der Waals surface area contributed by atoms with Crippen molar-refractivity contribution in [3.05, 3.63) is 75.4 Å². The lowest BCUT2D eigenvalue weighted by Gasteiger charge is -2.36. The van der Waals surface area contributed by atoms with Gasteiger partial charge in [-0.05, 0) is 18.9 Å². The molecule has 0 aliphatic carbocycles. The van der Waals surface area contributed by atoms with Crippen LogP contribution in [-0.2, 0) is 11.3 Å². The molecule has 0 bridgehead atoms. The number of aromatic nitrogens is 1. The van der Waals surface area contributed by atoms with Crippen molar-refractivity contribution >= 4 is 49.9 Å². The van der Waals surface area contributed by atoms with Gasteiger partial charge in [0.15, 0.2) is 11.5 Å². The van der Waals surface area contributed by atoms with Crippen molar-refractivity contribution in [1.29, 1.82) is 0 Å². The molecule has 1 fully saturated rings. The highest BCUT2D eigenvalue weighted by atomic mass is 32.1. The van der Waals surface area contributed by atoms with Gasteiger partial charge in [0.25, 0.3) is 11.5 Å². The molecule has 5 rings (SSSR count). The number of piperidine rings is 1. The van der Waals surface area contributed by atoms with Gasteiger partial charge in [-0.1, -0.05) is 48.5 Å². The van der Waals surface area contributed by atoms with Crippen LogP contribution < -0.4 is 10.3 Å². The summed E-state index contributed by atoms with van der Waals surface area (Å²) >= 11 is 1.24. The topological polar surface area (TPSA) is 88.9 Å². The molecule has 1 aliphatic heterocycles. The number of hydrogen-bond donors (Lipinski definition) is 0. The molecule has 3 heterocycles. The number of benzene rings is 2. The zero-order chi connectivity index (χ0) is 27.0. The molecule has 0 spiro atoms. The number of carbonyl (C=O) groups excluding carboxylic acids is 3. The summed E-state index contributed by atoms with van der Waals surface area (Å²) in [5.41, 5.74) is 0.781. The van der Waals surface area contributed by atoms with Crippen LogP contribution >= 0.6 is 11.3 Å². The van der Waals surface area contributed by atoms with E-state index in [2.05, 4.69) is 0 Å². The third-order valence-electron chi connectivity index (χ3n) is 7.34. The molecule has 2 aromatic carbocycles. The first-order valence-corrected chi connectivity index (χ1v) is 13.4. The Kier molecular flexibility index (Phi) is 7.03. The summed E-state index contributed by atoms with van der Waals surface area (Å²) in [5.74, 6) is -0.128. The van der Waals surface area contributed by atoms with Crippen LogP contribution in [0.5, 0.6) is 5.75 Å². The summed E-state index contributed by atoms with van der Waals surface area (Å²) in [6.07, 6.45) is 1.37. The van der Waals surface area contributed by atoms with Crippen molar-refractivity contribution in [3.63, 3.8) is 0 Å². The zero-order valence-corrected chi connectivity index (χ0v) is 22.4. The number of methoxy groups -OCH3 is 1. The lowest BCUT2D eigenvalue weighted by molar-refractivity contribution is -0.130. The van der Waals surface area contributed by atoms with E-state index in [1.807, 2.05) is 30.3 Å². The maximum absolute atomic E-state index is 13.9. The summed E-state index contributed by atoms with van der Waals surface area (Å²) in [6.45, 7) is 2.63. The molecule has 196 valence electrons. The van der Waals surface area contributed by atoms with Crippen LogP contribution in [0.2, 0.25) is 0 Å². The molecule has 9 heteroatoms. The molecule has 1 saturated heterocycles. The number of nitrogens with zero attached hydrogens (tertiary/aromatic N) is 3. The predicted octanol–water partition coefficient (Wildman–Crippen LogP) is 4.19. The number of hydrogen-bond acceptors (Lipinski definition) is 6. The number of fused-ring (bicyclic) bond motifs is 3. The number of para-hydroxylation sites is 1. The monoisotopic (exact) mass is 531 g/mol. The first-order chi connectivity index (χ1) is 18.3. The Morgan fingerprint density at radius 2 is 1.68 bits per heavy atom. The van der Waals surface area contributed by atoms with Crippen LogP contribution in [0.1, 0.15) is 39.8 Å². The second-order valence-corrected chi connectivity index (χ2v) is 10.5. The smallest absolute Gasteiger partial charge is 0.267 e. The molecule has 0 atom stereocenters. The van der Waals surface area contributed by atoms with Crippen molar-refractivity contribution < 1.29 is 19.1 Å². The van der Waals surface area contributed by atoms with Gasteiger partial charge in [-0.3, -0.25) is 23.7 Å². The van der Waals surface area contributed by atoms with Gasteiger partial charge in [0.05, 0.1) is 23.9 Å². The van der Waals surface area contributed by atoms with Crippen molar-refractivity contribution in [1.82, 2.24) is 14.4 Å². The Morgan fingerprint density at radius 3 is 2.34 bits per heavy atom. The van der Waals surface area contributed by atoms with Crippen LogP contribution in [0.25, 0.3) is 21.0 Å². The zero-order valence-electron chi connectivity index (χ0n) is 21.6. The second-order valence-electron chi connectivity index (χ2n) is 9.52. The van der Waals surface area contributed by atoms with E-state index >= 15 is 0 Å². The SMILES string of the molecule is COc1c(C(=O)N(C)C2CCN(C(C)=O)CC2)sc2c1c(=O)n(CC(=O)c1ccccc1)c1ccccc21. The average Bonchev–Trinajstić information content (AvgIpc) is 3.35. The summed E-state index contributed by atoms with van der Waals surface area (Å²) in [5, 5.41) is 1.09. The number of thiophene rings is 1. The number of Topliss-reactive ketones (excluding diaryl/α,β-unsaturated/α-hetero) is 1. The highest BCUT2D eigenvalue weighted by Gasteiger charge is 2.31. The number of ether oxygens (including phenoxy) is 1. The van der Waals surface area contributed by atoms with Crippen LogP contribution in [0.15, 0.2) is 59.4 Å². The summed E-state index contributed by atoms with van der Waals surface area (Å²) < 4.78 is 7.82. The summed E-state index contributed by atoms with van der Waals surface area (Å²) in [7, 11) is 3.22. The van der Waals surface area contributed by atoms with Gasteiger partial charge in [-0.25, -0.2) is 0 Å². The Bertz CT molecular complexity index is 1600. The van der Waals surface area contributed by atoms with E-state index < -0.39 is 0 Å². The minimum absolute atomic E-state index is 0.0232. The first-order valence-electron chi connectivity index (χ1n) is 12.5. The molecular weight excluding hydrogens is 502 g/mol. The molecule has 4 aromatic rings. The maximum Gasteiger partial charge on any atom is 0.267 e. The third-order valence-corrected chi connectivity index (χ3v) is 8.53. The molecule has 0 saturated carbocycles. The first kappa shape index (κ1) is 25.7. The average molecular weight is 532 g/mol. The van der Waals surface area contributed by atoms with E-state index in [9.17, 15) is 19.2 Å². The molecule has 8 nitrogen and oxygen atoms in total. The van der Waals surface area contributed by atoms with Crippen LogP contribution in [-0.4, -0.2) is 65.3 Å². The number of pyridine rings is 1. The fraction of sp³-hybridized carbons (Fsp3) is 0.310. The third kappa shape index (κ3) is 4.47. The van der Waals surface area contributed by atoms with Crippen molar-refractivity contribution in [3.8, 4) is 5.75 Å². The van der Waals surface area contributed by atoms with Crippen molar-refractivity contribution in [2.75, 3.05) is 27.2 Å². The Morgan fingerprint density at radius 1 is 1.03 bits per heavy atom. The van der Waals surface area contributed by atoms with E-state index in [0.29, 0.717) is 52.0 Å². The van der Waals surface area contributed by atoms with Gasteiger partial charge in [0.2, 0.25) is 5.91 Å². The van der Waals surface area contributed by atoms with Crippen molar-refractivity contribution in [2.45, 2.75) is 32.4 Å². The van der Waals surface area contributed by atoms with Gasteiger partial charge in [0, 0.05) is 44.1 Å². The molecule has 0 radical (unpaired) electrons. The number of likely N-dealkylation sites (tertiary alicyclic amines) is 1. The lowest BCUT2D eigenvalue weighted by atomic mass is 10.0. The maximum atomic E-state index is 13.9. The Balaban J connectivity index is 1.58. The van der Waals surface area contributed by atoms with Gasteiger partial charge in [-0.2, -0.15) is 0 Å². The Hall–Kier alpha value is -3.98. The second kappa shape index (κ2) is 10.4. The standard InChI is InChI=1S/C29H29N3O5S/c1-18(33)31-15-13-20(14-16-31)30(2)29(36)27-25(37-3)24-26(38-27)21-11-7-8-12-22(21)32(28(24)35)17-23(34)19-9-5-4-6-10-19/h4-12,20H,13-17H2,1-3H3. The van der Waals surface area contributed by atoms with E-state index in [4.69, 9.17) is 4.74 Å². The molecular formula is C29H29N3O5S. The van der Waals surface area contributed by atoms with E-state index in [-0.39, 0.29) is 41.5 Å². The summed E-state index contributed by atoms with van der Waals surface area (Å²) in [6, 6.07) is 16.3. The van der Waals surface area contributed by atoms with Crippen LogP contribution in [0.4, 0.5) is 0 Å². The number of rotatable bonds is 6. The molecule has 2 amide bonds. The molecule has 2 aromatic heterocycles. The molecule has 1 aliphatic rings. The highest BCUT2D eigenvalue weighted by molar-refractivity contribution is 7.22. The minimum atomic E-state index is -0.368. The number of carbonyl (C=O) groups is 3. The fourth-order valence-electron chi connectivity index (χ4n) is 5.19. The van der Waals surface area contributed by atoms with Gasteiger partial charge in [0.1, 0.15) is 10.3 Å². The van der Waals surface area contributed by atoms with Gasteiger partial charge >= 0.3 is 0 Å². The Labute approximate surface area is 224 Å². The predicted molar refractivity (Wildman–Crippen MR) is 148 cm³/mol. The normalized spacial score (nSPS) is 14.1. The fourth-order valence-corrected chi connectivity index (χ4v) is 6.47. The summed E-state index contributed by atoms with van der Waals surface area (Å²) in [4.78, 5) is 56.2. The van der Waals surface area contributed by atoms with Crippen molar-refractivity contribution in [2.24, 2.45) is 0 Å². The van der Waals surface area contributed by atoms with Crippen LogP contribution in [0, 0.1) is 0 Å². The quantitative estimate of drug-likeness (QED) is 0.348. The van der Waals surface area contributed by atoms with E-state index in [0.717, 1.165) is 5.39 Å². The van der Waals surface area contributed by atoms with Gasteiger partial charge in [-0.15, -0.1) is 11.3 Å². The van der Waals surface area contributed by atoms with E-state index in [1.54, 1.807) is 48.0 Å². The van der Waals surface area contributed by atoms with Gasteiger partial charge < -0.3 is 14.5 Å². The lowest BCUT2D eigenvalue weighted by Crippen LogP contribution is -2.46. The largest absolute Gasteiger partial charge is 0.494 e. The molecule has 0 unspecified atom stereocenters. The molecule has 38 heavy (non-hydrogen) atoms. The highest BCUT2D eigenvalue weighted by Crippen LogP contribution is 2.40. The molecule has 0 N–H and O–H groups in total.